The van der Waals surface area contributed by atoms with E-state index in [1.54, 1.807) is 0 Å². The van der Waals surface area contributed by atoms with Crippen molar-refractivity contribution in [1.29, 1.82) is 0 Å². The van der Waals surface area contributed by atoms with Gasteiger partial charge in [-0.15, -0.1) is 0 Å². The average molecular weight is 193 g/mol. The molecule has 0 spiro atoms. The maximum atomic E-state index is 5.48. The molecule has 0 saturated heterocycles. The van der Waals surface area contributed by atoms with Gasteiger partial charge in [-0.1, -0.05) is 20.8 Å². The molecular weight excluding hydrogens is 178 g/mol. The van der Waals surface area contributed by atoms with Gasteiger partial charge in [-0.2, -0.15) is 4.98 Å². The third-order valence-corrected chi connectivity index (χ3v) is 2.09. The zero-order chi connectivity index (χ0) is 10.3. The molecule has 76 valence electrons. The number of imidazole rings is 1. The fraction of sp³-hybridized carbons (Fsp3) is 0.556. The molecule has 0 saturated carbocycles. The third kappa shape index (κ3) is 1.39. The van der Waals surface area contributed by atoms with Crippen LogP contribution in [0.3, 0.4) is 0 Å². The normalized spacial score (nSPS) is 12.6. The molecule has 0 aromatic carbocycles. The summed E-state index contributed by atoms with van der Waals surface area (Å²) in [5, 5.41) is 3.18. The highest BCUT2D eigenvalue weighted by atomic mass is 15.3. The topological polar surface area (TPSA) is 72.0 Å². The van der Waals surface area contributed by atoms with Gasteiger partial charge in [-0.25, -0.2) is 9.50 Å². The van der Waals surface area contributed by atoms with Gasteiger partial charge in [0.05, 0.1) is 11.9 Å². The van der Waals surface area contributed by atoms with E-state index in [1.165, 1.54) is 0 Å². The van der Waals surface area contributed by atoms with Crippen molar-refractivity contribution in [3.8, 4) is 0 Å². The summed E-state index contributed by atoms with van der Waals surface area (Å²) in [4.78, 5) is 8.65. The highest BCUT2D eigenvalue weighted by Gasteiger charge is 2.19. The first-order valence-electron chi connectivity index (χ1n) is 4.65. The highest BCUT2D eigenvalue weighted by molar-refractivity contribution is 5.30. The molecule has 2 rings (SSSR count). The van der Waals surface area contributed by atoms with Crippen LogP contribution >= 0.6 is 0 Å². The SMILES string of the molecule is CC(C)(C)c1nc2nc(CN)cn2[nH]1. The first-order chi connectivity index (χ1) is 6.50. The third-order valence-electron chi connectivity index (χ3n) is 2.09. The molecule has 0 unspecified atom stereocenters. The van der Waals surface area contributed by atoms with Gasteiger partial charge in [0, 0.05) is 12.0 Å². The van der Waals surface area contributed by atoms with Crippen LogP contribution < -0.4 is 5.73 Å². The Morgan fingerprint density at radius 1 is 1.43 bits per heavy atom. The van der Waals surface area contributed by atoms with Crippen molar-refractivity contribution in [2.45, 2.75) is 32.7 Å². The van der Waals surface area contributed by atoms with Crippen LogP contribution in [-0.4, -0.2) is 19.6 Å². The summed E-state index contributed by atoms with van der Waals surface area (Å²) in [6.45, 7) is 6.77. The number of aromatic nitrogens is 4. The number of aromatic amines is 1. The van der Waals surface area contributed by atoms with E-state index in [2.05, 4.69) is 35.8 Å². The highest BCUT2D eigenvalue weighted by Crippen LogP contribution is 2.18. The quantitative estimate of drug-likeness (QED) is 0.704. The van der Waals surface area contributed by atoms with E-state index in [-0.39, 0.29) is 5.41 Å². The Morgan fingerprint density at radius 2 is 2.14 bits per heavy atom. The van der Waals surface area contributed by atoms with Gasteiger partial charge < -0.3 is 5.73 Å². The number of hydrogen-bond donors (Lipinski definition) is 2. The number of nitrogens with zero attached hydrogens (tertiary/aromatic N) is 3. The number of hydrogen-bond acceptors (Lipinski definition) is 3. The minimum Gasteiger partial charge on any atom is -0.325 e. The van der Waals surface area contributed by atoms with Crippen LogP contribution in [0.25, 0.3) is 5.78 Å². The lowest BCUT2D eigenvalue weighted by molar-refractivity contribution is 0.545. The predicted octanol–water partition coefficient (Wildman–Crippen LogP) is 0.814. The number of nitrogens with two attached hydrogens (primary N) is 1. The van der Waals surface area contributed by atoms with E-state index >= 15 is 0 Å². The fourth-order valence-corrected chi connectivity index (χ4v) is 1.25. The molecular formula is C9H15N5. The van der Waals surface area contributed by atoms with Crippen molar-refractivity contribution < 1.29 is 0 Å². The monoisotopic (exact) mass is 193 g/mol. The van der Waals surface area contributed by atoms with Crippen LogP contribution in [0.4, 0.5) is 0 Å². The van der Waals surface area contributed by atoms with Crippen molar-refractivity contribution >= 4 is 5.78 Å². The second kappa shape index (κ2) is 2.81. The molecule has 2 heterocycles. The van der Waals surface area contributed by atoms with Crippen LogP contribution in [0.15, 0.2) is 6.20 Å². The molecule has 0 radical (unpaired) electrons. The summed E-state index contributed by atoms with van der Waals surface area (Å²) >= 11 is 0. The molecule has 3 N–H and O–H groups in total. The maximum Gasteiger partial charge on any atom is 0.250 e. The number of H-pyrrole nitrogens is 1. The van der Waals surface area contributed by atoms with E-state index in [4.69, 9.17) is 5.73 Å². The lowest BCUT2D eigenvalue weighted by Crippen LogP contribution is -2.13. The molecule has 5 heteroatoms. The van der Waals surface area contributed by atoms with Crippen molar-refractivity contribution in [3.05, 3.63) is 17.7 Å². The minimum absolute atomic E-state index is 0.0174. The lowest BCUT2D eigenvalue weighted by atomic mass is 9.96. The van der Waals surface area contributed by atoms with Crippen molar-refractivity contribution in [3.63, 3.8) is 0 Å². The first-order valence-corrected chi connectivity index (χ1v) is 4.65. The van der Waals surface area contributed by atoms with Crippen LogP contribution in [0.2, 0.25) is 0 Å². The zero-order valence-electron chi connectivity index (χ0n) is 8.70. The van der Waals surface area contributed by atoms with Crippen LogP contribution in [-0.2, 0) is 12.0 Å². The van der Waals surface area contributed by atoms with E-state index < -0.39 is 0 Å². The molecule has 2 aromatic rings. The van der Waals surface area contributed by atoms with Gasteiger partial charge in [0.15, 0.2) is 0 Å². The largest absolute Gasteiger partial charge is 0.325 e. The van der Waals surface area contributed by atoms with Crippen LogP contribution in [0.5, 0.6) is 0 Å². The molecule has 0 aliphatic rings. The fourth-order valence-electron chi connectivity index (χ4n) is 1.25. The Labute approximate surface area is 82.3 Å². The van der Waals surface area contributed by atoms with E-state index in [0.29, 0.717) is 12.3 Å². The molecule has 0 atom stereocenters. The van der Waals surface area contributed by atoms with Crippen molar-refractivity contribution in [2.24, 2.45) is 5.73 Å². The Morgan fingerprint density at radius 3 is 2.64 bits per heavy atom. The van der Waals surface area contributed by atoms with Crippen molar-refractivity contribution in [2.75, 3.05) is 0 Å². The van der Waals surface area contributed by atoms with Crippen LogP contribution in [0, 0.1) is 0 Å². The van der Waals surface area contributed by atoms with Gasteiger partial charge >= 0.3 is 0 Å². The standard InChI is InChI=1S/C9H15N5/c1-9(2,3)7-12-8-11-6(4-10)5-14(8)13-7/h5H,4,10H2,1-3H3,(H,11,12,13). The smallest absolute Gasteiger partial charge is 0.250 e. The Balaban J connectivity index is 2.49. The van der Waals surface area contributed by atoms with E-state index in [0.717, 1.165) is 11.5 Å². The zero-order valence-corrected chi connectivity index (χ0v) is 8.70. The molecule has 0 bridgehead atoms. The lowest BCUT2D eigenvalue weighted by Gasteiger charge is -2.13. The minimum atomic E-state index is 0.0174. The molecule has 14 heavy (non-hydrogen) atoms. The molecule has 5 nitrogen and oxygen atoms in total. The second-order valence-electron chi connectivity index (χ2n) is 4.43. The molecule has 0 aliphatic carbocycles. The van der Waals surface area contributed by atoms with Crippen LogP contribution in [0.1, 0.15) is 32.3 Å². The van der Waals surface area contributed by atoms with Gasteiger partial charge in [-0.3, -0.25) is 5.10 Å². The summed E-state index contributed by atoms with van der Waals surface area (Å²) in [6.07, 6.45) is 1.87. The first kappa shape index (κ1) is 9.21. The van der Waals surface area contributed by atoms with Gasteiger partial charge in [0.2, 0.25) is 0 Å². The summed E-state index contributed by atoms with van der Waals surface area (Å²) in [5.41, 5.74) is 6.35. The van der Waals surface area contributed by atoms with Gasteiger partial charge in [-0.05, 0) is 0 Å². The molecule has 0 fully saturated rings. The number of rotatable bonds is 1. The Kier molecular flexibility index (Phi) is 1.85. The number of nitrogens with one attached hydrogen (secondary N) is 1. The molecule has 2 aromatic heterocycles. The summed E-state index contributed by atoms with van der Waals surface area (Å²) in [6, 6.07) is 0. The molecule has 0 aliphatic heterocycles. The van der Waals surface area contributed by atoms with Crippen molar-refractivity contribution in [1.82, 2.24) is 19.6 Å². The van der Waals surface area contributed by atoms with Gasteiger partial charge in [0.25, 0.3) is 5.78 Å². The summed E-state index contributed by atoms with van der Waals surface area (Å²) in [7, 11) is 0. The summed E-state index contributed by atoms with van der Waals surface area (Å²) < 4.78 is 1.81. The van der Waals surface area contributed by atoms with E-state index in [1.807, 2.05) is 10.7 Å². The van der Waals surface area contributed by atoms with E-state index in [9.17, 15) is 0 Å². The second-order valence-corrected chi connectivity index (χ2v) is 4.43. The number of fused-ring (bicyclic) bond motifs is 1. The summed E-state index contributed by atoms with van der Waals surface area (Å²) in [5.74, 6) is 1.62. The Bertz CT molecular complexity index is 414. The molecule has 0 amide bonds. The van der Waals surface area contributed by atoms with Gasteiger partial charge in [0.1, 0.15) is 5.82 Å². The predicted molar refractivity (Wildman–Crippen MR) is 53.9 cm³/mol. The maximum absolute atomic E-state index is 5.48. The Hall–Kier alpha value is -1.36. The average Bonchev–Trinajstić information content (AvgIpc) is 2.56.